The quantitative estimate of drug-likeness (QED) is 0.319. The molecular weight excluding hydrogens is 392 g/mol. The number of hydrogen-bond donors (Lipinski definition) is 1. The van der Waals surface area contributed by atoms with E-state index in [9.17, 15) is 4.79 Å². The van der Waals surface area contributed by atoms with Gasteiger partial charge in [0.1, 0.15) is 0 Å². The van der Waals surface area contributed by atoms with Crippen LogP contribution in [-0.2, 0) is 4.79 Å². The van der Waals surface area contributed by atoms with E-state index in [1.807, 2.05) is 37.4 Å². The molecular formula is C24H20N4OS. The average Bonchev–Trinajstić information content (AvgIpc) is 3.14. The largest absolute Gasteiger partial charge is 0.302 e. The van der Waals surface area contributed by atoms with Crippen LogP contribution in [0.1, 0.15) is 19.4 Å². The van der Waals surface area contributed by atoms with E-state index in [1.54, 1.807) is 6.20 Å². The standard InChI is InChI=1S/C24H20N4OS/c1-4-16(9-11-25-3)19-10-12-26-21-7-5-17(13-20(19)21)18-6-8-22-23(14-18)30-24(28-22)27-15(2)29/h4-14H,3H2,1-2H3,(H,27,28,29)/b11-9-,16-4+. The molecule has 0 atom stereocenters. The third kappa shape index (κ3) is 3.90. The van der Waals surface area contributed by atoms with Crippen LogP contribution in [0.3, 0.4) is 0 Å². The van der Waals surface area contributed by atoms with Crippen molar-refractivity contribution < 1.29 is 4.79 Å². The molecule has 30 heavy (non-hydrogen) atoms. The first-order chi connectivity index (χ1) is 14.6. The molecule has 2 aromatic heterocycles. The fourth-order valence-electron chi connectivity index (χ4n) is 3.36. The Balaban J connectivity index is 1.81. The Labute approximate surface area is 178 Å². The van der Waals surface area contributed by atoms with Gasteiger partial charge in [0, 0.05) is 24.7 Å². The Kier molecular flexibility index (Phi) is 5.50. The number of benzene rings is 2. The molecule has 2 aromatic carbocycles. The number of pyridine rings is 1. The number of nitrogens with one attached hydrogen (secondary N) is 1. The zero-order chi connectivity index (χ0) is 21.1. The number of allylic oxidation sites excluding steroid dienone is 3. The molecule has 0 saturated heterocycles. The Bertz CT molecular complexity index is 1330. The van der Waals surface area contributed by atoms with E-state index in [4.69, 9.17) is 0 Å². The summed E-state index contributed by atoms with van der Waals surface area (Å²) in [5, 5.41) is 4.44. The third-order valence-corrected chi connectivity index (χ3v) is 5.66. The number of anilines is 1. The van der Waals surface area contributed by atoms with Gasteiger partial charge in [-0.2, -0.15) is 0 Å². The summed E-state index contributed by atoms with van der Waals surface area (Å²) in [6.07, 6.45) is 7.51. The van der Waals surface area contributed by atoms with Crippen molar-refractivity contribution in [1.82, 2.24) is 9.97 Å². The number of thiazole rings is 1. The molecule has 2 heterocycles. The summed E-state index contributed by atoms with van der Waals surface area (Å²) in [5.74, 6) is -0.121. The molecule has 1 amide bonds. The van der Waals surface area contributed by atoms with Crippen molar-refractivity contribution in [2.24, 2.45) is 4.99 Å². The van der Waals surface area contributed by atoms with E-state index in [0.717, 1.165) is 43.4 Å². The highest BCUT2D eigenvalue weighted by molar-refractivity contribution is 7.22. The molecule has 4 rings (SSSR count). The first kappa shape index (κ1) is 19.7. The Morgan fingerprint density at radius 3 is 2.63 bits per heavy atom. The lowest BCUT2D eigenvalue weighted by molar-refractivity contribution is -0.114. The summed E-state index contributed by atoms with van der Waals surface area (Å²) in [5.41, 5.74) is 6.13. The Morgan fingerprint density at radius 2 is 1.90 bits per heavy atom. The molecule has 148 valence electrons. The van der Waals surface area contributed by atoms with Crippen molar-refractivity contribution in [3.05, 3.63) is 72.6 Å². The van der Waals surface area contributed by atoms with E-state index in [1.165, 1.54) is 18.3 Å². The normalized spacial score (nSPS) is 12.0. The maximum atomic E-state index is 11.3. The fraction of sp³-hybridized carbons (Fsp3) is 0.0833. The van der Waals surface area contributed by atoms with E-state index >= 15 is 0 Å². The number of hydrogen-bond acceptors (Lipinski definition) is 5. The van der Waals surface area contributed by atoms with Crippen LogP contribution in [0.4, 0.5) is 5.13 Å². The fourth-order valence-corrected chi connectivity index (χ4v) is 4.31. The van der Waals surface area contributed by atoms with Crippen LogP contribution in [0.15, 0.2) is 72.0 Å². The monoisotopic (exact) mass is 412 g/mol. The van der Waals surface area contributed by atoms with Gasteiger partial charge in [0.15, 0.2) is 5.13 Å². The van der Waals surface area contributed by atoms with Gasteiger partial charge in [-0.1, -0.05) is 29.5 Å². The van der Waals surface area contributed by atoms with Gasteiger partial charge in [0.25, 0.3) is 0 Å². The second-order valence-corrected chi connectivity index (χ2v) is 7.75. The average molecular weight is 413 g/mol. The maximum Gasteiger partial charge on any atom is 0.223 e. The van der Waals surface area contributed by atoms with Gasteiger partial charge in [0.2, 0.25) is 5.91 Å². The number of rotatable bonds is 5. The molecule has 0 spiro atoms. The van der Waals surface area contributed by atoms with Crippen molar-refractivity contribution >= 4 is 55.8 Å². The van der Waals surface area contributed by atoms with Gasteiger partial charge < -0.3 is 5.32 Å². The highest BCUT2D eigenvalue weighted by Crippen LogP contribution is 2.33. The van der Waals surface area contributed by atoms with Gasteiger partial charge in [-0.15, -0.1) is 0 Å². The number of amides is 1. The summed E-state index contributed by atoms with van der Waals surface area (Å²) in [4.78, 5) is 24.1. The van der Waals surface area contributed by atoms with Crippen molar-refractivity contribution in [3.8, 4) is 11.1 Å². The molecule has 0 aliphatic rings. The molecule has 0 aliphatic heterocycles. The first-order valence-corrected chi connectivity index (χ1v) is 10.3. The van der Waals surface area contributed by atoms with Crippen LogP contribution in [0.25, 0.3) is 37.8 Å². The van der Waals surface area contributed by atoms with Crippen LogP contribution in [0.2, 0.25) is 0 Å². The lowest BCUT2D eigenvalue weighted by Crippen LogP contribution is -2.04. The Morgan fingerprint density at radius 1 is 1.13 bits per heavy atom. The SMILES string of the molecule is C=N/C=C\C(=C/C)c1ccnc2ccc(-c3ccc4nc(NC(C)=O)sc4c3)cc12. The summed E-state index contributed by atoms with van der Waals surface area (Å²) in [7, 11) is 0. The minimum atomic E-state index is -0.121. The number of carbonyl (C=O) groups is 1. The summed E-state index contributed by atoms with van der Waals surface area (Å²) in [6, 6.07) is 14.4. The molecule has 6 heteroatoms. The van der Waals surface area contributed by atoms with Crippen LogP contribution in [0, 0.1) is 0 Å². The van der Waals surface area contributed by atoms with Gasteiger partial charge in [-0.25, -0.2) is 4.98 Å². The van der Waals surface area contributed by atoms with E-state index in [-0.39, 0.29) is 5.91 Å². The van der Waals surface area contributed by atoms with Crippen LogP contribution >= 0.6 is 11.3 Å². The van der Waals surface area contributed by atoms with Crippen molar-refractivity contribution in [2.75, 3.05) is 5.32 Å². The van der Waals surface area contributed by atoms with E-state index in [0.29, 0.717) is 5.13 Å². The van der Waals surface area contributed by atoms with Crippen LogP contribution in [-0.4, -0.2) is 22.6 Å². The number of aromatic nitrogens is 2. The highest BCUT2D eigenvalue weighted by atomic mass is 32.1. The Hall–Kier alpha value is -3.64. The van der Waals surface area contributed by atoms with Crippen molar-refractivity contribution in [3.63, 3.8) is 0 Å². The zero-order valence-electron chi connectivity index (χ0n) is 16.7. The molecule has 0 saturated carbocycles. The summed E-state index contributed by atoms with van der Waals surface area (Å²) >= 11 is 1.47. The van der Waals surface area contributed by atoms with Crippen molar-refractivity contribution in [1.29, 1.82) is 0 Å². The molecule has 0 fully saturated rings. The molecule has 0 aliphatic carbocycles. The highest BCUT2D eigenvalue weighted by Gasteiger charge is 2.10. The van der Waals surface area contributed by atoms with Crippen LogP contribution < -0.4 is 5.32 Å². The smallest absolute Gasteiger partial charge is 0.223 e. The summed E-state index contributed by atoms with van der Waals surface area (Å²) in [6.45, 7) is 7.00. The van der Waals surface area contributed by atoms with Crippen molar-refractivity contribution in [2.45, 2.75) is 13.8 Å². The molecule has 4 aromatic rings. The molecule has 1 N–H and O–H groups in total. The molecule has 0 bridgehead atoms. The number of aliphatic imine (C=N–C) groups is 1. The lowest BCUT2D eigenvalue weighted by atomic mass is 9.97. The van der Waals surface area contributed by atoms with E-state index < -0.39 is 0 Å². The van der Waals surface area contributed by atoms with E-state index in [2.05, 4.69) is 57.3 Å². The third-order valence-electron chi connectivity index (χ3n) is 4.73. The molecule has 0 radical (unpaired) electrons. The zero-order valence-corrected chi connectivity index (χ0v) is 17.5. The summed E-state index contributed by atoms with van der Waals surface area (Å²) < 4.78 is 1.02. The number of fused-ring (bicyclic) bond motifs is 2. The predicted octanol–water partition coefficient (Wildman–Crippen LogP) is 6.09. The second-order valence-electron chi connectivity index (χ2n) is 6.72. The van der Waals surface area contributed by atoms with Gasteiger partial charge in [0.05, 0.1) is 15.7 Å². The second kappa shape index (κ2) is 8.39. The minimum absolute atomic E-state index is 0.121. The van der Waals surface area contributed by atoms with Crippen LogP contribution in [0.5, 0.6) is 0 Å². The number of carbonyl (C=O) groups excluding carboxylic acids is 1. The topological polar surface area (TPSA) is 67.2 Å². The minimum Gasteiger partial charge on any atom is -0.302 e. The predicted molar refractivity (Wildman–Crippen MR) is 127 cm³/mol. The lowest BCUT2D eigenvalue weighted by Gasteiger charge is -2.09. The van der Waals surface area contributed by atoms with Gasteiger partial charge in [-0.05, 0) is 72.3 Å². The van der Waals surface area contributed by atoms with Gasteiger partial charge >= 0.3 is 0 Å². The van der Waals surface area contributed by atoms with Gasteiger partial charge in [-0.3, -0.25) is 14.8 Å². The first-order valence-electron chi connectivity index (χ1n) is 9.45. The molecule has 5 nitrogen and oxygen atoms in total. The maximum absolute atomic E-state index is 11.3. The number of nitrogens with zero attached hydrogens (tertiary/aromatic N) is 3. The molecule has 0 unspecified atom stereocenters.